The van der Waals surface area contributed by atoms with Crippen molar-refractivity contribution >= 4 is 17.7 Å². The molecule has 5 heteroatoms. The average Bonchev–Trinajstić information content (AvgIpc) is 2.95. The van der Waals surface area contributed by atoms with Crippen molar-refractivity contribution < 1.29 is 23.9 Å². The zero-order chi connectivity index (χ0) is 15.8. The lowest BCUT2D eigenvalue weighted by molar-refractivity contribution is -0.142. The van der Waals surface area contributed by atoms with Gasteiger partial charge in [0, 0.05) is 18.6 Å². The van der Waals surface area contributed by atoms with Gasteiger partial charge in [-0.05, 0) is 18.4 Å². The topological polar surface area (TPSA) is 69.7 Å². The fraction of sp³-hybridized carbons (Fsp3) is 0.353. The molecule has 0 saturated heterocycles. The fourth-order valence-corrected chi connectivity index (χ4v) is 2.21. The maximum Gasteiger partial charge on any atom is 0.331 e. The highest BCUT2D eigenvalue weighted by Crippen LogP contribution is 2.21. The predicted molar refractivity (Wildman–Crippen MR) is 78.7 cm³/mol. The third-order valence-electron chi connectivity index (χ3n) is 3.44. The van der Waals surface area contributed by atoms with Crippen molar-refractivity contribution in [3.8, 4) is 0 Å². The number of benzene rings is 1. The van der Waals surface area contributed by atoms with Gasteiger partial charge in [0.1, 0.15) is 19.0 Å². The van der Waals surface area contributed by atoms with Crippen LogP contribution in [0, 0.1) is 5.92 Å². The molecule has 0 bridgehead atoms. The first-order valence-corrected chi connectivity index (χ1v) is 7.23. The highest BCUT2D eigenvalue weighted by molar-refractivity contribution is 5.91. The third kappa shape index (κ3) is 5.16. The van der Waals surface area contributed by atoms with Gasteiger partial charge in [-0.2, -0.15) is 0 Å². The van der Waals surface area contributed by atoms with Crippen LogP contribution >= 0.6 is 0 Å². The average molecular weight is 302 g/mol. The molecule has 0 N–H and O–H groups in total. The molecule has 1 atom stereocenters. The van der Waals surface area contributed by atoms with Crippen molar-refractivity contribution in [3.05, 3.63) is 48.0 Å². The van der Waals surface area contributed by atoms with Crippen LogP contribution in [-0.2, 0) is 30.5 Å². The van der Waals surface area contributed by atoms with Crippen LogP contribution in [-0.4, -0.2) is 24.3 Å². The maximum absolute atomic E-state index is 11.5. The molecule has 1 aromatic rings. The van der Waals surface area contributed by atoms with Gasteiger partial charge in [-0.15, -0.1) is 0 Å². The lowest BCUT2D eigenvalue weighted by Gasteiger charge is -2.07. The van der Waals surface area contributed by atoms with Crippen molar-refractivity contribution in [2.24, 2.45) is 5.92 Å². The van der Waals surface area contributed by atoms with Gasteiger partial charge in [0.15, 0.2) is 0 Å². The van der Waals surface area contributed by atoms with Gasteiger partial charge in [-0.25, -0.2) is 9.59 Å². The van der Waals surface area contributed by atoms with E-state index < -0.39 is 11.9 Å². The number of carbonyl (C=O) groups excluding carboxylic acids is 3. The van der Waals surface area contributed by atoms with E-state index in [2.05, 4.69) is 0 Å². The molecule has 0 aromatic heterocycles. The van der Waals surface area contributed by atoms with Crippen LogP contribution in [0.1, 0.15) is 24.8 Å². The number of hydrogen-bond donors (Lipinski definition) is 0. The van der Waals surface area contributed by atoms with E-state index >= 15 is 0 Å². The normalized spacial score (nSPS) is 17.6. The summed E-state index contributed by atoms with van der Waals surface area (Å²) >= 11 is 0. The van der Waals surface area contributed by atoms with Crippen LogP contribution in [0.4, 0.5) is 0 Å². The van der Waals surface area contributed by atoms with Gasteiger partial charge < -0.3 is 9.47 Å². The summed E-state index contributed by atoms with van der Waals surface area (Å²) in [5, 5.41) is 0. The van der Waals surface area contributed by atoms with E-state index in [9.17, 15) is 14.4 Å². The molecule has 0 amide bonds. The van der Waals surface area contributed by atoms with Crippen molar-refractivity contribution in [3.63, 3.8) is 0 Å². The molecule has 5 nitrogen and oxygen atoms in total. The van der Waals surface area contributed by atoms with Crippen molar-refractivity contribution in [2.75, 3.05) is 6.61 Å². The van der Waals surface area contributed by atoms with E-state index in [1.165, 1.54) is 0 Å². The number of Topliss-reactive ketones (excluding diaryl/α,β-unsaturated/α-hetero) is 1. The van der Waals surface area contributed by atoms with E-state index in [1.807, 2.05) is 30.3 Å². The molecular weight excluding hydrogens is 284 g/mol. The Morgan fingerprint density at radius 2 is 1.77 bits per heavy atom. The highest BCUT2D eigenvalue weighted by atomic mass is 16.5. The summed E-state index contributed by atoms with van der Waals surface area (Å²) in [7, 11) is 0. The largest absolute Gasteiger partial charge is 0.462 e. The minimum atomic E-state index is -0.642. The smallest absolute Gasteiger partial charge is 0.331 e. The molecular formula is C17H18O5. The van der Waals surface area contributed by atoms with Gasteiger partial charge >= 0.3 is 11.9 Å². The zero-order valence-electron chi connectivity index (χ0n) is 12.2. The van der Waals surface area contributed by atoms with Crippen LogP contribution in [0.25, 0.3) is 0 Å². The number of carbonyl (C=O) groups is 3. The van der Waals surface area contributed by atoms with Gasteiger partial charge in [0.2, 0.25) is 0 Å². The minimum absolute atomic E-state index is 0.0844. The van der Waals surface area contributed by atoms with Crippen molar-refractivity contribution in [1.82, 2.24) is 0 Å². The summed E-state index contributed by atoms with van der Waals surface area (Å²) in [4.78, 5) is 34.3. The summed E-state index contributed by atoms with van der Waals surface area (Å²) in [6.07, 6.45) is 4.22. The Balaban J connectivity index is 1.68. The molecule has 1 unspecified atom stereocenters. The summed E-state index contributed by atoms with van der Waals surface area (Å²) in [5.74, 6) is -1.31. The summed E-state index contributed by atoms with van der Waals surface area (Å²) < 4.78 is 9.94. The molecule has 22 heavy (non-hydrogen) atoms. The Morgan fingerprint density at radius 1 is 1.09 bits per heavy atom. The summed E-state index contributed by atoms with van der Waals surface area (Å²) in [6, 6.07) is 9.24. The second kappa shape index (κ2) is 8.12. The Morgan fingerprint density at radius 3 is 2.41 bits per heavy atom. The summed E-state index contributed by atoms with van der Waals surface area (Å²) in [6.45, 7) is 0.233. The van der Waals surface area contributed by atoms with E-state index in [4.69, 9.17) is 9.47 Å². The van der Waals surface area contributed by atoms with E-state index in [1.54, 1.807) is 0 Å². The maximum atomic E-state index is 11.5. The molecule has 0 radical (unpaired) electrons. The fourth-order valence-electron chi connectivity index (χ4n) is 2.21. The van der Waals surface area contributed by atoms with Crippen molar-refractivity contribution in [1.29, 1.82) is 0 Å². The molecule has 0 aliphatic heterocycles. The molecule has 0 spiro atoms. The Kier molecular flexibility index (Phi) is 5.89. The minimum Gasteiger partial charge on any atom is -0.462 e. The molecule has 2 rings (SSSR count). The highest BCUT2D eigenvalue weighted by Gasteiger charge is 2.25. The second-order valence-corrected chi connectivity index (χ2v) is 5.11. The quantitative estimate of drug-likeness (QED) is 0.595. The Hall–Kier alpha value is -2.43. The third-order valence-corrected chi connectivity index (χ3v) is 3.44. The molecule has 1 saturated carbocycles. The predicted octanol–water partition coefficient (Wildman–Crippen LogP) is 2.20. The number of rotatable bonds is 6. The van der Waals surface area contributed by atoms with Crippen LogP contribution in [0.3, 0.4) is 0 Å². The van der Waals surface area contributed by atoms with Gasteiger partial charge in [0.25, 0.3) is 0 Å². The first-order chi connectivity index (χ1) is 10.6. The number of ether oxygens (including phenoxy) is 2. The van der Waals surface area contributed by atoms with E-state index in [0.717, 1.165) is 30.6 Å². The van der Waals surface area contributed by atoms with Crippen LogP contribution in [0.5, 0.6) is 0 Å². The molecule has 1 aliphatic rings. The van der Waals surface area contributed by atoms with E-state index in [0.29, 0.717) is 6.42 Å². The monoisotopic (exact) mass is 302 g/mol. The number of esters is 2. The Labute approximate surface area is 128 Å². The summed E-state index contributed by atoms with van der Waals surface area (Å²) in [5.41, 5.74) is 0.867. The first-order valence-electron chi connectivity index (χ1n) is 7.23. The number of hydrogen-bond acceptors (Lipinski definition) is 5. The van der Waals surface area contributed by atoms with Gasteiger partial charge in [-0.3, -0.25) is 4.79 Å². The molecule has 1 aliphatic carbocycles. The standard InChI is InChI=1S/C17H18O5/c18-15-8-4-7-14(15)12-22-17(20)10-9-16(19)21-11-13-5-2-1-3-6-13/h1-3,5-6,9-10,14H,4,7-8,11-12H2/b10-9+. The van der Waals surface area contributed by atoms with Gasteiger partial charge in [0.05, 0.1) is 5.92 Å². The SMILES string of the molecule is O=C(/C=C/C(=O)OCC1CCCC1=O)OCc1ccccc1. The molecule has 0 heterocycles. The van der Waals surface area contributed by atoms with Crippen LogP contribution < -0.4 is 0 Å². The molecule has 1 aromatic carbocycles. The number of ketones is 1. The van der Waals surface area contributed by atoms with E-state index in [-0.39, 0.29) is 24.9 Å². The van der Waals surface area contributed by atoms with Gasteiger partial charge in [-0.1, -0.05) is 30.3 Å². The zero-order valence-corrected chi connectivity index (χ0v) is 12.2. The second-order valence-electron chi connectivity index (χ2n) is 5.11. The first kappa shape index (κ1) is 15.9. The molecule has 116 valence electrons. The van der Waals surface area contributed by atoms with Crippen molar-refractivity contribution in [2.45, 2.75) is 25.9 Å². The Bertz CT molecular complexity index is 562. The lowest BCUT2D eigenvalue weighted by atomic mass is 10.1. The lowest BCUT2D eigenvalue weighted by Crippen LogP contribution is -2.16. The molecule has 1 fully saturated rings. The van der Waals surface area contributed by atoms with Crippen LogP contribution in [0.15, 0.2) is 42.5 Å². The van der Waals surface area contributed by atoms with Crippen LogP contribution in [0.2, 0.25) is 0 Å².